The van der Waals surface area contributed by atoms with Gasteiger partial charge in [-0.1, -0.05) is 0 Å². The summed E-state index contributed by atoms with van der Waals surface area (Å²) in [6.07, 6.45) is 2.10. The Morgan fingerprint density at radius 3 is 2.40 bits per heavy atom. The van der Waals surface area contributed by atoms with Gasteiger partial charge in [0, 0.05) is 11.7 Å². The fourth-order valence-corrected chi connectivity index (χ4v) is 3.15. The zero-order valence-corrected chi connectivity index (χ0v) is 12.0. The second-order valence-corrected chi connectivity index (χ2v) is 6.81. The van der Waals surface area contributed by atoms with Gasteiger partial charge in [0.1, 0.15) is 0 Å². The predicted octanol–water partition coefficient (Wildman–Crippen LogP) is 1.26. The number of carboxylic acids is 1. The number of hydrogen-bond acceptors (Lipinski definition) is 4. The second kappa shape index (κ2) is 5.80. The number of anilines is 1. The molecule has 0 unspecified atom stereocenters. The molecule has 1 aromatic rings. The Morgan fingerprint density at radius 1 is 1.25 bits per heavy atom. The van der Waals surface area contributed by atoms with Crippen molar-refractivity contribution in [3.05, 3.63) is 24.3 Å². The normalized spacial score (nSPS) is 22.6. The van der Waals surface area contributed by atoms with E-state index < -0.39 is 16.0 Å². The van der Waals surface area contributed by atoms with E-state index in [0.29, 0.717) is 12.8 Å². The average Bonchev–Trinajstić information content (AvgIpc) is 2.88. The molecule has 7 heteroatoms. The number of carbonyl (C=O) groups is 1. The Balaban J connectivity index is 2.00. The first-order valence-corrected chi connectivity index (χ1v) is 7.93. The highest BCUT2D eigenvalue weighted by molar-refractivity contribution is 7.89. The lowest BCUT2D eigenvalue weighted by molar-refractivity contribution is -0.141. The molecule has 1 saturated carbocycles. The maximum absolute atomic E-state index is 11.6. The largest absolute Gasteiger partial charge is 0.481 e. The molecule has 6 nitrogen and oxygen atoms in total. The maximum atomic E-state index is 11.6. The average molecular weight is 298 g/mol. The fourth-order valence-electron chi connectivity index (χ4n) is 2.42. The molecule has 1 fully saturated rings. The molecule has 0 saturated heterocycles. The number of benzene rings is 1. The topological polar surface area (TPSA) is 95.5 Å². The van der Waals surface area contributed by atoms with Crippen molar-refractivity contribution in [2.24, 2.45) is 5.92 Å². The zero-order valence-electron chi connectivity index (χ0n) is 11.2. The molecule has 0 aliphatic heterocycles. The van der Waals surface area contributed by atoms with Gasteiger partial charge >= 0.3 is 5.97 Å². The summed E-state index contributed by atoms with van der Waals surface area (Å²) in [7, 11) is -2.05. The molecule has 1 aromatic carbocycles. The Kier molecular flexibility index (Phi) is 4.29. The van der Waals surface area contributed by atoms with Crippen molar-refractivity contribution in [1.29, 1.82) is 0 Å². The lowest BCUT2D eigenvalue weighted by atomic mass is 10.1. The molecular formula is C13H18N2O4S. The molecule has 1 aliphatic carbocycles. The molecule has 110 valence electrons. The van der Waals surface area contributed by atoms with Crippen molar-refractivity contribution in [2.75, 3.05) is 12.4 Å². The SMILES string of the molecule is CNS(=O)(=O)c1ccc(N[C@H]2CC[C@@H](C(=O)O)C2)cc1. The van der Waals surface area contributed by atoms with Gasteiger partial charge in [0.15, 0.2) is 0 Å². The lowest BCUT2D eigenvalue weighted by Crippen LogP contribution is -2.19. The summed E-state index contributed by atoms with van der Waals surface area (Å²) in [6.45, 7) is 0. The Hall–Kier alpha value is -1.60. The summed E-state index contributed by atoms with van der Waals surface area (Å²) >= 11 is 0. The summed E-state index contributed by atoms with van der Waals surface area (Å²) in [6, 6.07) is 6.56. The van der Waals surface area contributed by atoms with Crippen molar-refractivity contribution in [3.63, 3.8) is 0 Å². The first kappa shape index (κ1) is 14.8. The molecule has 0 radical (unpaired) electrons. The lowest BCUT2D eigenvalue weighted by Gasteiger charge is -2.14. The van der Waals surface area contributed by atoms with E-state index in [1.165, 1.54) is 19.2 Å². The highest BCUT2D eigenvalue weighted by atomic mass is 32.2. The van der Waals surface area contributed by atoms with Gasteiger partial charge < -0.3 is 10.4 Å². The van der Waals surface area contributed by atoms with Gasteiger partial charge in [-0.3, -0.25) is 4.79 Å². The van der Waals surface area contributed by atoms with E-state index in [0.717, 1.165) is 12.1 Å². The van der Waals surface area contributed by atoms with Crippen LogP contribution in [0.4, 0.5) is 5.69 Å². The van der Waals surface area contributed by atoms with Gasteiger partial charge in [-0.25, -0.2) is 13.1 Å². The van der Waals surface area contributed by atoms with E-state index in [2.05, 4.69) is 10.0 Å². The Bertz CT molecular complexity index is 583. The summed E-state index contributed by atoms with van der Waals surface area (Å²) < 4.78 is 25.4. The highest BCUT2D eigenvalue weighted by Gasteiger charge is 2.29. The maximum Gasteiger partial charge on any atom is 0.306 e. The van der Waals surface area contributed by atoms with Crippen LogP contribution in [0.2, 0.25) is 0 Å². The molecule has 0 spiro atoms. The van der Waals surface area contributed by atoms with E-state index in [1.54, 1.807) is 12.1 Å². The Morgan fingerprint density at radius 2 is 1.90 bits per heavy atom. The molecule has 0 heterocycles. The van der Waals surface area contributed by atoms with Gasteiger partial charge in [-0.2, -0.15) is 0 Å². The first-order chi connectivity index (χ1) is 9.42. The summed E-state index contributed by atoms with van der Waals surface area (Å²) in [5.74, 6) is -1.03. The number of carboxylic acid groups (broad SMARTS) is 1. The van der Waals surface area contributed by atoms with Crippen molar-refractivity contribution in [3.8, 4) is 0 Å². The number of hydrogen-bond donors (Lipinski definition) is 3. The van der Waals surface area contributed by atoms with Gasteiger partial charge in [-0.15, -0.1) is 0 Å². The van der Waals surface area contributed by atoms with Crippen LogP contribution in [-0.4, -0.2) is 32.6 Å². The summed E-state index contributed by atoms with van der Waals surface area (Å²) in [5, 5.41) is 12.2. The second-order valence-electron chi connectivity index (χ2n) is 4.92. The summed E-state index contributed by atoms with van der Waals surface area (Å²) in [5.41, 5.74) is 0.802. The number of aliphatic carboxylic acids is 1. The molecule has 1 aliphatic rings. The van der Waals surface area contributed by atoms with Gasteiger partial charge in [0.2, 0.25) is 10.0 Å². The minimum absolute atomic E-state index is 0.128. The highest BCUT2D eigenvalue weighted by Crippen LogP contribution is 2.28. The van der Waals surface area contributed by atoms with Gasteiger partial charge in [0.25, 0.3) is 0 Å². The molecule has 3 N–H and O–H groups in total. The van der Waals surface area contributed by atoms with E-state index in [-0.39, 0.29) is 16.9 Å². The van der Waals surface area contributed by atoms with Gasteiger partial charge in [-0.05, 0) is 50.6 Å². The van der Waals surface area contributed by atoms with E-state index in [4.69, 9.17) is 5.11 Å². The van der Waals surface area contributed by atoms with Crippen LogP contribution in [0.3, 0.4) is 0 Å². The number of sulfonamides is 1. The smallest absolute Gasteiger partial charge is 0.306 e. The van der Waals surface area contributed by atoms with Crippen LogP contribution in [0.5, 0.6) is 0 Å². The number of rotatable bonds is 5. The van der Waals surface area contributed by atoms with Crippen LogP contribution < -0.4 is 10.0 Å². The number of nitrogens with one attached hydrogen (secondary N) is 2. The molecular weight excluding hydrogens is 280 g/mol. The molecule has 2 atom stereocenters. The summed E-state index contributed by atoms with van der Waals surface area (Å²) in [4.78, 5) is 11.1. The van der Waals surface area contributed by atoms with Crippen molar-refractivity contribution in [1.82, 2.24) is 4.72 Å². The van der Waals surface area contributed by atoms with E-state index >= 15 is 0 Å². The quantitative estimate of drug-likeness (QED) is 0.760. The molecule has 0 bridgehead atoms. The van der Waals surface area contributed by atoms with Crippen LogP contribution in [0.15, 0.2) is 29.2 Å². The standard InChI is InChI=1S/C13H18N2O4S/c1-14-20(18,19)12-6-4-10(5-7-12)15-11-3-2-9(8-11)13(16)17/h4-7,9,11,14-15H,2-3,8H2,1H3,(H,16,17)/t9-,11+/m1/s1. The monoisotopic (exact) mass is 298 g/mol. The molecule has 0 amide bonds. The molecule has 20 heavy (non-hydrogen) atoms. The third-order valence-corrected chi connectivity index (χ3v) is 5.02. The predicted molar refractivity (Wildman–Crippen MR) is 75.1 cm³/mol. The zero-order chi connectivity index (χ0) is 14.8. The Labute approximate surface area is 118 Å². The molecule has 0 aromatic heterocycles. The van der Waals surface area contributed by atoms with Crippen LogP contribution in [0.25, 0.3) is 0 Å². The van der Waals surface area contributed by atoms with Crippen LogP contribution in [-0.2, 0) is 14.8 Å². The van der Waals surface area contributed by atoms with Crippen molar-refractivity contribution >= 4 is 21.7 Å². The first-order valence-electron chi connectivity index (χ1n) is 6.45. The van der Waals surface area contributed by atoms with Crippen molar-refractivity contribution in [2.45, 2.75) is 30.2 Å². The fraction of sp³-hybridized carbons (Fsp3) is 0.462. The minimum Gasteiger partial charge on any atom is -0.481 e. The van der Waals surface area contributed by atoms with E-state index in [1.807, 2.05) is 0 Å². The van der Waals surface area contributed by atoms with Gasteiger partial charge in [0.05, 0.1) is 10.8 Å². The third-order valence-electron chi connectivity index (χ3n) is 3.59. The minimum atomic E-state index is -3.42. The van der Waals surface area contributed by atoms with Crippen LogP contribution in [0.1, 0.15) is 19.3 Å². The molecule has 2 rings (SSSR count). The van der Waals surface area contributed by atoms with E-state index in [9.17, 15) is 13.2 Å². The van der Waals surface area contributed by atoms with Crippen LogP contribution >= 0.6 is 0 Å². The third kappa shape index (κ3) is 3.29. The van der Waals surface area contributed by atoms with Crippen molar-refractivity contribution < 1.29 is 18.3 Å². The van der Waals surface area contributed by atoms with Crippen LogP contribution in [0, 0.1) is 5.92 Å².